The summed E-state index contributed by atoms with van der Waals surface area (Å²) in [6.07, 6.45) is 1.11. The molecule has 1 aromatic rings. The Morgan fingerprint density at radius 2 is 1.95 bits per heavy atom. The number of hydrogen-bond donors (Lipinski definition) is 1. The van der Waals surface area contributed by atoms with E-state index in [1.54, 1.807) is 0 Å². The van der Waals surface area contributed by atoms with Crippen molar-refractivity contribution in [3.05, 3.63) is 28.8 Å². The van der Waals surface area contributed by atoms with Crippen molar-refractivity contribution < 1.29 is 9.47 Å². The van der Waals surface area contributed by atoms with E-state index >= 15 is 0 Å². The first kappa shape index (κ1) is 18.3. The standard InChI is InChI=1S/C17H28ClNO2/c1-6-9-19-13(2)15-8-7-14(12-16(15)18)20-10-11-21-17(3,4)5/h7-8,12-13,19H,6,9-11H2,1-5H3. The minimum atomic E-state index is -0.134. The maximum absolute atomic E-state index is 6.34. The molecular formula is C17H28ClNO2. The van der Waals surface area contributed by atoms with Gasteiger partial charge in [-0.3, -0.25) is 0 Å². The first-order valence-corrected chi connectivity index (χ1v) is 8.01. The lowest BCUT2D eigenvalue weighted by molar-refractivity contribution is -0.0163. The van der Waals surface area contributed by atoms with Gasteiger partial charge in [0.2, 0.25) is 0 Å². The lowest BCUT2D eigenvalue weighted by Gasteiger charge is -2.20. The van der Waals surface area contributed by atoms with Crippen molar-refractivity contribution in [1.82, 2.24) is 5.32 Å². The molecule has 0 aliphatic carbocycles. The first-order chi connectivity index (χ1) is 9.83. The van der Waals surface area contributed by atoms with E-state index in [9.17, 15) is 0 Å². The molecule has 4 heteroatoms. The molecule has 1 rings (SSSR count). The summed E-state index contributed by atoms with van der Waals surface area (Å²) in [5.74, 6) is 0.781. The van der Waals surface area contributed by atoms with Crippen molar-refractivity contribution in [2.45, 2.75) is 52.7 Å². The van der Waals surface area contributed by atoms with Crippen molar-refractivity contribution in [3.63, 3.8) is 0 Å². The van der Waals surface area contributed by atoms with Crippen LogP contribution in [0, 0.1) is 0 Å². The van der Waals surface area contributed by atoms with Gasteiger partial charge in [0.25, 0.3) is 0 Å². The normalized spacial score (nSPS) is 13.2. The van der Waals surface area contributed by atoms with E-state index < -0.39 is 0 Å². The van der Waals surface area contributed by atoms with Crippen LogP contribution in [0.5, 0.6) is 5.75 Å². The van der Waals surface area contributed by atoms with E-state index in [0.29, 0.717) is 13.2 Å². The molecule has 1 aromatic carbocycles. The van der Waals surface area contributed by atoms with Gasteiger partial charge < -0.3 is 14.8 Å². The van der Waals surface area contributed by atoms with E-state index in [4.69, 9.17) is 21.1 Å². The second-order valence-electron chi connectivity index (χ2n) is 6.17. The number of nitrogens with one attached hydrogen (secondary N) is 1. The molecule has 0 heterocycles. The molecule has 0 bridgehead atoms. The molecule has 0 aliphatic rings. The van der Waals surface area contributed by atoms with Gasteiger partial charge in [0, 0.05) is 11.1 Å². The van der Waals surface area contributed by atoms with Crippen molar-refractivity contribution in [2.75, 3.05) is 19.8 Å². The highest BCUT2D eigenvalue weighted by Gasteiger charge is 2.11. The summed E-state index contributed by atoms with van der Waals surface area (Å²) in [5, 5.41) is 4.17. The topological polar surface area (TPSA) is 30.5 Å². The predicted octanol–water partition coefficient (Wildman–Crippen LogP) is 4.59. The summed E-state index contributed by atoms with van der Waals surface area (Å²) in [6.45, 7) is 12.4. The lowest BCUT2D eigenvalue weighted by atomic mass is 10.1. The van der Waals surface area contributed by atoms with E-state index in [0.717, 1.165) is 29.3 Å². The van der Waals surface area contributed by atoms with Gasteiger partial charge in [-0.1, -0.05) is 24.6 Å². The van der Waals surface area contributed by atoms with E-state index in [1.165, 1.54) is 0 Å². The van der Waals surface area contributed by atoms with Gasteiger partial charge in [-0.05, 0) is 58.4 Å². The molecular weight excluding hydrogens is 286 g/mol. The molecule has 21 heavy (non-hydrogen) atoms. The average Bonchev–Trinajstić information content (AvgIpc) is 2.40. The van der Waals surface area contributed by atoms with Crippen molar-refractivity contribution >= 4 is 11.6 Å². The molecule has 0 saturated heterocycles. The second-order valence-corrected chi connectivity index (χ2v) is 6.58. The SMILES string of the molecule is CCCNC(C)c1ccc(OCCOC(C)(C)C)cc1Cl. The molecule has 0 radical (unpaired) electrons. The average molecular weight is 314 g/mol. The molecule has 0 aliphatic heterocycles. The Bertz CT molecular complexity index is 429. The largest absolute Gasteiger partial charge is 0.491 e. The Balaban J connectivity index is 2.50. The zero-order chi connectivity index (χ0) is 15.9. The van der Waals surface area contributed by atoms with Crippen LogP contribution in [0.3, 0.4) is 0 Å². The zero-order valence-electron chi connectivity index (χ0n) is 13.8. The van der Waals surface area contributed by atoms with Gasteiger partial charge >= 0.3 is 0 Å². The van der Waals surface area contributed by atoms with E-state index in [-0.39, 0.29) is 11.6 Å². The molecule has 3 nitrogen and oxygen atoms in total. The summed E-state index contributed by atoms with van der Waals surface area (Å²) in [7, 11) is 0. The third-order valence-corrected chi connectivity index (χ3v) is 3.35. The number of benzene rings is 1. The third-order valence-electron chi connectivity index (χ3n) is 3.03. The second kappa shape index (κ2) is 8.62. The summed E-state index contributed by atoms with van der Waals surface area (Å²) in [4.78, 5) is 0. The summed E-state index contributed by atoms with van der Waals surface area (Å²) in [6, 6.07) is 6.10. The highest BCUT2D eigenvalue weighted by molar-refractivity contribution is 6.31. The van der Waals surface area contributed by atoms with Gasteiger partial charge in [-0.15, -0.1) is 0 Å². The van der Waals surface area contributed by atoms with Crippen molar-refractivity contribution in [3.8, 4) is 5.75 Å². The van der Waals surface area contributed by atoms with Crippen LogP contribution in [0.1, 0.15) is 52.6 Å². The van der Waals surface area contributed by atoms with E-state index in [1.807, 2.05) is 39.0 Å². The van der Waals surface area contributed by atoms with Gasteiger partial charge in [-0.2, -0.15) is 0 Å². The molecule has 1 atom stereocenters. The first-order valence-electron chi connectivity index (χ1n) is 7.63. The Kier molecular flexibility index (Phi) is 7.50. The monoisotopic (exact) mass is 313 g/mol. The van der Waals surface area contributed by atoms with Gasteiger partial charge in [0.05, 0.1) is 12.2 Å². The van der Waals surface area contributed by atoms with Crippen LogP contribution in [0.15, 0.2) is 18.2 Å². The Morgan fingerprint density at radius 3 is 2.52 bits per heavy atom. The van der Waals surface area contributed by atoms with Crippen LogP contribution in [0.4, 0.5) is 0 Å². The summed E-state index contributed by atoms with van der Waals surface area (Å²) >= 11 is 6.34. The molecule has 0 spiro atoms. The molecule has 0 aromatic heterocycles. The number of halogens is 1. The number of rotatable bonds is 8. The van der Waals surface area contributed by atoms with Crippen molar-refractivity contribution in [2.24, 2.45) is 0 Å². The number of ether oxygens (including phenoxy) is 2. The summed E-state index contributed by atoms with van der Waals surface area (Å²) in [5.41, 5.74) is 0.967. The van der Waals surface area contributed by atoms with Crippen LogP contribution >= 0.6 is 11.6 Å². The van der Waals surface area contributed by atoms with Crippen LogP contribution in [0.25, 0.3) is 0 Å². The highest BCUT2D eigenvalue weighted by Crippen LogP contribution is 2.27. The Hall–Kier alpha value is -0.770. The third kappa shape index (κ3) is 7.16. The molecule has 1 N–H and O–H groups in total. The predicted molar refractivity (Wildman–Crippen MR) is 89.4 cm³/mol. The van der Waals surface area contributed by atoms with Crippen LogP contribution in [-0.2, 0) is 4.74 Å². The quantitative estimate of drug-likeness (QED) is 0.712. The molecule has 1 unspecified atom stereocenters. The molecule has 0 fully saturated rings. The van der Waals surface area contributed by atoms with Crippen LogP contribution < -0.4 is 10.1 Å². The van der Waals surface area contributed by atoms with Gasteiger partial charge in [0.15, 0.2) is 0 Å². The fraction of sp³-hybridized carbons (Fsp3) is 0.647. The molecule has 120 valence electrons. The summed E-state index contributed by atoms with van der Waals surface area (Å²) < 4.78 is 11.3. The minimum absolute atomic E-state index is 0.134. The molecule has 0 amide bonds. The lowest BCUT2D eigenvalue weighted by Crippen LogP contribution is -2.22. The zero-order valence-corrected chi connectivity index (χ0v) is 14.6. The Morgan fingerprint density at radius 1 is 1.24 bits per heavy atom. The van der Waals surface area contributed by atoms with Crippen molar-refractivity contribution in [1.29, 1.82) is 0 Å². The smallest absolute Gasteiger partial charge is 0.120 e. The van der Waals surface area contributed by atoms with E-state index in [2.05, 4.69) is 19.2 Å². The number of hydrogen-bond acceptors (Lipinski definition) is 3. The molecule has 0 saturated carbocycles. The highest BCUT2D eigenvalue weighted by atomic mass is 35.5. The fourth-order valence-corrected chi connectivity index (χ4v) is 2.26. The maximum atomic E-state index is 6.34. The fourth-order valence-electron chi connectivity index (χ4n) is 1.93. The van der Waals surface area contributed by atoms with Crippen LogP contribution in [-0.4, -0.2) is 25.4 Å². The van der Waals surface area contributed by atoms with Gasteiger partial charge in [0.1, 0.15) is 12.4 Å². The minimum Gasteiger partial charge on any atom is -0.491 e. The Labute approximate surface area is 134 Å². The maximum Gasteiger partial charge on any atom is 0.120 e. The van der Waals surface area contributed by atoms with Crippen LogP contribution in [0.2, 0.25) is 5.02 Å². The van der Waals surface area contributed by atoms with Gasteiger partial charge in [-0.25, -0.2) is 0 Å².